The fraction of sp³-hybridized carbons (Fsp3) is 0.0556. The number of benzene rings is 2. The fourth-order valence-corrected chi connectivity index (χ4v) is 3.06. The molecule has 3 amide bonds. The van der Waals surface area contributed by atoms with Crippen molar-refractivity contribution >= 4 is 40.6 Å². The molecule has 5 nitrogen and oxygen atoms in total. The molecule has 1 heterocycles. The first-order valence-corrected chi connectivity index (χ1v) is 8.21. The van der Waals surface area contributed by atoms with Crippen LogP contribution in [0.25, 0.3) is 6.08 Å². The minimum atomic E-state index is -0.610. The van der Waals surface area contributed by atoms with Gasteiger partial charge in [0.25, 0.3) is 11.1 Å². The van der Waals surface area contributed by atoms with Gasteiger partial charge in [0, 0.05) is 11.3 Å². The maximum absolute atomic E-state index is 13.7. The van der Waals surface area contributed by atoms with E-state index in [1.165, 1.54) is 24.3 Å². The van der Waals surface area contributed by atoms with Gasteiger partial charge in [-0.1, -0.05) is 36.4 Å². The number of rotatable bonds is 4. The molecule has 0 spiro atoms. The Morgan fingerprint density at radius 3 is 2.48 bits per heavy atom. The van der Waals surface area contributed by atoms with Gasteiger partial charge in [-0.15, -0.1) is 0 Å². The molecule has 0 aliphatic carbocycles. The first-order valence-electron chi connectivity index (χ1n) is 7.39. The Morgan fingerprint density at radius 2 is 1.76 bits per heavy atom. The van der Waals surface area contributed by atoms with E-state index in [-0.39, 0.29) is 10.5 Å². The summed E-state index contributed by atoms with van der Waals surface area (Å²) < 4.78 is 13.7. The van der Waals surface area contributed by atoms with Crippen molar-refractivity contribution in [2.45, 2.75) is 0 Å². The van der Waals surface area contributed by atoms with E-state index >= 15 is 0 Å². The molecule has 2 aromatic carbocycles. The van der Waals surface area contributed by atoms with Crippen LogP contribution in [0.5, 0.6) is 0 Å². The van der Waals surface area contributed by atoms with Crippen LogP contribution in [0.3, 0.4) is 0 Å². The molecule has 0 atom stereocenters. The van der Waals surface area contributed by atoms with Crippen molar-refractivity contribution in [3.05, 3.63) is 70.9 Å². The molecule has 2 aromatic rings. The number of hydrogen-bond donors (Lipinski definition) is 1. The highest BCUT2D eigenvalue weighted by Gasteiger charge is 2.36. The number of halogens is 1. The summed E-state index contributed by atoms with van der Waals surface area (Å²) in [5.74, 6) is -1.58. The molecule has 25 heavy (non-hydrogen) atoms. The van der Waals surface area contributed by atoms with E-state index in [4.69, 9.17) is 0 Å². The maximum atomic E-state index is 13.7. The second-order valence-electron chi connectivity index (χ2n) is 5.20. The molecule has 1 saturated heterocycles. The molecule has 1 aliphatic heterocycles. The number of thioether (sulfide) groups is 1. The molecule has 0 saturated carbocycles. The van der Waals surface area contributed by atoms with Crippen molar-refractivity contribution in [3.63, 3.8) is 0 Å². The molecule has 7 heteroatoms. The summed E-state index contributed by atoms with van der Waals surface area (Å²) in [5, 5.41) is 2.05. The third-order valence-electron chi connectivity index (χ3n) is 3.42. The Labute approximate surface area is 147 Å². The summed E-state index contributed by atoms with van der Waals surface area (Å²) in [4.78, 5) is 37.3. The molecule has 1 fully saturated rings. The molecule has 0 unspecified atom stereocenters. The highest BCUT2D eigenvalue weighted by Crippen LogP contribution is 2.32. The summed E-state index contributed by atoms with van der Waals surface area (Å²) in [6.07, 6.45) is 1.31. The highest BCUT2D eigenvalue weighted by molar-refractivity contribution is 8.18. The predicted molar refractivity (Wildman–Crippen MR) is 94.1 cm³/mol. The normalized spacial score (nSPS) is 15.7. The standard InChI is InChI=1S/C18H13FN2O3S/c19-14-9-5-4-6-12(14)10-15-17(23)21(18(24)25-15)11-16(22)20-13-7-2-1-3-8-13/h1-10H,11H2,(H,20,22). The monoisotopic (exact) mass is 356 g/mol. The van der Waals surface area contributed by atoms with Gasteiger partial charge in [-0.3, -0.25) is 19.3 Å². The van der Waals surface area contributed by atoms with E-state index < -0.39 is 29.4 Å². The summed E-state index contributed by atoms with van der Waals surface area (Å²) in [5.41, 5.74) is 0.781. The van der Waals surface area contributed by atoms with Crippen molar-refractivity contribution in [1.29, 1.82) is 0 Å². The molecule has 126 valence electrons. The minimum absolute atomic E-state index is 0.0858. The quantitative estimate of drug-likeness (QED) is 0.852. The number of amides is 3. The van der Waals surface area contributed by atoms with Crippen LogP contribution < -0.4 is 5.32 Å². The second kappa shape index (κ2) is 7.31. The number of carbonyl (C=O) groups excluding carboxylic acids is 3. The number of nitrogens with zero attached hydrogens (tertiary/aromatic N) is 1. The third kappa shape index (κ3) is 3.95. The van der Waals surface area contributed by atoms with Gasteiger partial charge in [0.15, 0.2) is 0 Å². The predicted octanol–water partition coefficient (Wildman–Crippen LogP) is 3.50. The van der Waals surface area contributed by atoms with Crippen LogP contribution in [0.4, 0.5) is 14.9 Å². The second-order valence-corrected chi connectivity index (χ2v) is 6.20. The molecule has 0 aromatic heterocycles. The van der Waals surface area contributed by atoms with E-state index in [2.05, 4.69) is 5.32 Å². The Hall–Kier alpha value is -2.93. The van der Waals surface area contributed by atoms with E-state index in [0.717, 1.165) is 4.90 Å². The summed E-state index contributed by atoms with van der Waals surface area (Å²) in [6.45, 7) is -0.395. The average Bonchev–Trinajstić information content (AvgIpc) is 2.85. The Bertz CT molecular complexity index is 868. The van der Waals surface area contributed by atoms with Gasteiger partial charge in [-0.05, 0) is 36.0 Å². The van der Waals surface area contributed by atoms with Crippen LogP contribution in [0.15, 0.2) is 59.5 Å². The molecule has 0 bridgehead atoms. The molecular weight excluding hydrogens is 343 g/mol. The number of anilines is 1. The van der Waals surface area contributed by atoms with Crippen molar-refractivity contribution in [1.82, 2.24) is 4.90 Å². The molecule has 1 aliphatic rings. The van der Waals surface area contributed by atoms with Crippen LogP contribution in [-0.4, -0.2) is 28.5 Å². The van der Waals surface area contributed by atoms with Gasteiger partial charge >= 0.3 is 0 Å². The Morgan fingerprint density at radius 1 is 1.08 bits per heavy atom. The van der Waals surface area contributed by atoms with E-state index in [1.54, 1.807) is 36.4 Å². The van der Waals surface area contributed by atoms with Gasteiger partial charge in [0.1, 0.15) is 12.4 Å². The lowest BCUT2D eigenvalue weighted by Gasteiger charge is -2.12. The van der Waals surface area contributed by atoms with Crippen molar-refractivity contribution in [2.75, 3.05) is 11.9 Å². The van der Waals surface area contributed by atoms with Gasteiger partial charge in [-0.25, -0.2) is 4.39 Å². The first-order chi connectivity index (χ1) is 12.0. The molecule has 1 N–H and O–H groups in total. The van der Waals surface area contributed by atoms with Crippen LogP contribution in [-0.2, 0) is 9.59 Å². The van der Waals surface area contributed by atoms with Gasteiger partial charge in [0.05, 0.1) is 4.91 Å². The minimum Gasteiger partial charge on any atom is -0.325 e. The number of imide groups is 1. The van der Waals surface area contributed by atoms with Crippen LogP contribution in [0.1, 0.15) is 5.56 Å². The smallest absolute Gasteiger partial charge is 0.294 e. The maximum Gasteiger partial charge on any atom is 0.294 e. The van der Waals surface area contributed by atoms with E-state index in [0.29, 0.717) is 17.4 Å². The number of carbonyl (C=O) groups is 3. The zero-order chi connectivity index (χ0) is 17.8. The van der Waals surface area contributed by atoms with Crippen LogP contribution in [0.2, 0.25) is 0 Å². The molecule has 0 radical (unpaired) electrons. The topological polar surface area (TPSA) is 66.5 Å². The third-order valence-corrected chi connectivity index (χ3v) is 4.33. The lowest BCUT2D eigenvalue weighted by molar-refractivity contribution is -0.127. The van der Waals surface area contributed by atoms with Gasteiger partial charge in [-0.2, -0.15) is 0 Å². The van der Waals surface area contributed by atoms with Crippen molar-refractivity contribution < 1.29 is 18.8 Å². The van der Waals surface area contributed by atoms with Gasteiger partial charge < -0.3 is 5.32 Å². The first kappa shape index (κ1) is 16.9. The Balaban J connectivity index is 1.71. The average molecular weight is 356 g/mol. The lowest BCUT2D eigenvalue weighted by atomic mass is 10.2. The number of hydrogen-bond acceptors (Lipinski definition) is 4. The number of para-hydroxylation sites is 1. The van der Waals surface area contributed by atoms with E-state index in [9.17, 15) is 18.8 Å². The Kier molecular flexibility index (Phi) is 4.95. The SMILES string of the molecule is O=C(CN1C(=O)SC(=Cc2ccccc2F)C1=O)Nc1ccccc1. The van der Waals surface area contributed by atoms with Gasteiger partial charge in [0.2, 0.25) is 5.91 Å². The fourth-order valence-electron chi connectivity index (χ4n) is 2.24. The highest BCUT2D eigenvalue weighted by atomic mass is 32.2. The van der Waals surface area contributed by atoms with E-state index in [1.807, 2.05) is 0 Å². The van der Waals surface area contributed by atoms with Crippen molar-refractivity contribution in [2.24, 2.45) is 0 Å². The summed E-state index contributed by atoms with van der Waals surface area (Å²) >= 11 is 0.685. The summed E-state index contributed by atoms with van der Waals surface area (Å²) in [6, 6.07) is 14.7. The largest absolute Gasteiger partial charge is 0.325 e. The van der Waals surface area contributed by atoms with Crippen LogP contribution in [0, 0.1) is 5.82 Å². The number of nitrogens with one attached hydrogen (secondary N) is 1. The molecular formula is C18H13FN2O3S. The van der Waals surface area contributed by atoms with Crippen molar-refractivity contribution in [3.8, 4) is 0 Å². The van der Waals surface area contributed by atoms with Crippen LogP contribution >= 0.6 is 11.8 Å². The lowest BCUT2D eigenvalue weighted by Crippen LogP contribution is -2.36. The zero-order valence-electron chi connectivity index (χ0n) is 12.9. The molecule has 3 rings (SSSR count). The summed E-state index contributed by atoms with van der Waals surface area (Å²) in [7, 11) is 0. The zero-order valence-corrected chi connectivity index (χ0v) is 13.8.